The number of nitrogens with zero attached hydrogens (tertiary/aromatic N) is 6. The van der Waals surface area contributed by atoms with Gasteiger partial charge in [-0.05, 0) is 56.6 Å². The van der Waals surface area contributed by atoms with Crippen molar-refractivity contribution in [1.29, 1.82) is 0 Å². The molecule has 11 rings (SSSR count). The van der Waals surface area contributed by atoms with E-state index in [2.05, 4.69) is 115 Å². The van der Waals surface area contributed by atoms with Gasteiger partial charge in [0.15, 0.2) is 34.9 Å². The summed E-state index contributed by atoms with van der Waals surface area (Å²) in [5, 5.41) is 4.77. The maximum absolute atomic E-state index is 5.03. The molecule has 0 fully saturated rings. The van der Waals surface area contributed by atoms with Crippen molar-refractivity contribution in [3.63, 3.8) is 0 Å². The molecule has 10 aromatic rings. The summed E-state index contributed by atoms with van der Waals surface area (Å²) in [6.07, 6.45) is 8.51. The fraction of sp³-hybridized carbons (Fsp3) is 0.0357. The van der Waals surface area contributed by atoms with Gasteiger partial charge in [-0.1, -0.05) is 206 Å². The average Bonchev–Trinajstić information content (AvgIpc) is 3.37. The molecule has 0 spiro atoms. The zero-order chi connectivity index (χ0) is 41.2. The molecular weight excluding hydrogens is 757 g/mol. The number of rotatable bonds is 8. The molecule has 292 valence electrons. The van der Waals surface area contributed by atoms with Crippen LogP contribution in [0.15, 0.2) is 206 Å². The van der Waals surface area contributed by atoms with Gasteiger partial charge in [0.05, 0.1) is 0 Å². The van der Waals surface area contributed by atoms with Gasteiger partial charge in [0.2, 0.25) is 0 Å². The van der Waals surface area contributed by atoms with Crippen LogP contribution < -0.4 is 0 Å². The molecule has 0 atom stereocenters. The van der Waals surface area contributed by atoms with Crippen LogP contribution in [-0.4, -0.2) is 29.9 Å². The van der Waals surface area contributed by atoms with E-state index in [1.807, 2.05) is 91.0 Å². The molecular formula is C56H38N6. The second-order valence-electron chi connectivity index (χ2n) is 15.3. The Labute approximate surface area is 359 Å². The highest BCUT2D eigenvalue weighted by atomic mass is 15.0. The molecule has 2 heterocycles. The number of hydrogen-bond acceptors (Lipinski definition) is 6. The van der Waals surface area contributed by atoms with Crippen molar-refractivity contribution < 1.29 is 0 Å². The van der Waals surface area contributed by atoms with Gasteiger partial charge in [-0.25, -0.2) is 29.9 Å². The highest BCUT2D eigenvalue weighted by Gasteiger charge is 2.20. The molecule has 0 radical (unpaired) electrons. The minimum Gasteiger partial charge on any atom is -0.208 e. The minimum absolute atomic E-state index is 0.621. The van der Waals surface area contributed by atoms with Gasteiger partial charge in [0, 0.05) is 33.4 Å². The SMILES string of the molecule is C1=CC(c2nc(-c3ccccc3)nc(-c3ccc(-c4c(-c5ccc(-c6nc(-c7ccccc7)nc(-c7ccccc7)n6)cc5)c5ccccc5c5ccccc45)cc3)n2)=CCC1. The van der Waals surface area contributed by atoms with Crippen molar-refractivity contribution in [3.05, 3.63) is 212 Å². The fourth-order valence-electron chi connectivity index (χ4n) is 8.38. The van der Waals surface area contributed by atoms with E-state index in [9.17, 15) is 0 Å². The lowest BCUT2D eigenvalue weighted by atomic mass is 9.84. The molecule has 8 aromatic carbocycles. The normalized spacial score (nSPS) is 12.4. The fourth-order valence-corrected chi connectivity index (χ4v) is 8.38. The lowest BCUT2D eigenvalue weighted by Crippen LogP contribution is -2.03. The molecule has 6 heteroatoms. The lowest BCUT2D eigenvalue weighted by molar-refractivity contribution is 1.01. The van der Waals surface area contributed by atoms with Crippen molar-refractivity contribution in [2.45, 2.75) is 12.8 Å². The molecule has 6 nitrogen and oxygen atoms in total. The third kappa shape index (κ3) is 7.03. The molecule has 1 aliphatic rings. The zero-order valence-electron chi connectivity index (χ0n) is 33.7. The van der Waals surface area contributed by atoms with E-state index in [0.29, 0.717) is 34.9 Å². The minimum atomic E-state index is 0.621. The predicted octanol–water partition coefficient (Wildman–Crippen LogP) is 13.8. The summed E-state index contributed by atoms with van der Waals surface area (Å²) in [6.45, 7) is 0. The first kappa shape index (κ1) is 36.8. The average molecular weight is 795 g/mol. The van der Waals surface area contributed by atoms with Crippen molar-refractivity contribution in [2.75, 3.05) is 0 Å². The highest BCUT2D eigenvalue weighted by Crippen LogP contribution is 2.45. The van der Waals surface area contributed by atoms with Crippen molar-refractivity contribution in [3.8, 4) is 79.2 Å². The Hall–Kier alpha value is -8.22. The van der Waals surface area contributed by atoms with Gasteiger partial charge in [0.25, 0.3) is 0 Å². The quantitative estimate of drug-likeness (QED) is 0.143. The third-order valence-corrected chi connectivity index (χ3v) is 11.4. The number of fused-ring (bicyclic) bond motifs is 3. The number of hydrogen-bond donors (Lipinski definition) is 0. The van der Waals surface area contributed by atoms with Gasteiger partial charge in [-0.15, -0.1) is 0 Å². The summed E-state index contributed by atoms with van der Waals surface area (Å²) in [6, 6.07) is 65.1. The summed E-state index contributed by atoms with van der Waals surface area (Å²) in [7, 11) is 0. The summed E-state index contributed by atoms with van der Waals surface area (Å²) < 4.78 is 0. The molecule has 1 aliphatic carbocycles. The van der Waals surface area contributed by atoms with E-state index in [4.69, 9.17) is 29.9 Å². The molecule has 0 saturated carbocycles. The molecule has 0 saturated heterocycles. The largest absolute Gasteiger partial charge is 0.208 e. The van der Waals surface area contributed by atoms with E-state index in [0.717, 1.165) is 68.5 Å². The summed E-state index contributed by atoms with van der Waals surface area (Å²) >= 11 is 0. The molecule has 2 aromatic heterocycles. The lowest BCUT2D eigenvalue weighted by Gasteiger charge is -2.19. The summed E-state index contributed by atoms with van der Waals surface area (Å²) in [5.41, 5.74) is 10.2. The van der Waals surface area contributed by atoms with Gasteiger partial charge < -0.3 is 0 Å². The summed E-state index contributed by atoms with van der Waals surface area (Å²) in [4.78, 5) is 29.9. The molecule has 0 N–H and O–H groups in total. The van der Waals surface area contributed by atoms with Crippen LogP contribution in [0.4, 0.5) is 0 Å². The maximum Gasteiger partial charge on any atom is 0.164 e. The molecule has 62 heavy (non-hydrogen) atoms. The Morgan fingerprint density at radius 2 is 0.565 bits per heavy atom. The van der Waals surface area contributed by atoms with Crippen molar-refractivity contribution >= 4 is 27.1 Å². The van der Waals surface area contributed by atoms with E-state index in [-0.39, 0.29) is 0 Å². The van der Waals surface area contributed by atoms with E-state index in [1.165, 1.54) is 21.5 Å². The van der Waals surface area contributed by atoms with Gasteiger partial charge in [-0.3, -0.25) is 0 Å². The maximum atomic E-state index is 5.03. The van der Waals surface area contributed by atoms with Crippen LogP contribution in [0.2, 0.25) is 0 Å². The molecule has 0 aliphatic heterocycles. The first-order chi connectivity index (χ1) is 30.7. The van der Waals surface area contributed by atoms with Crippen LogP contribution in [0.3, 0.4) is 0 Å². The van der Waals surface area contributed by atoms with Gasteiger partial charge in [0.1, 0.15) is 0 Å². The monoisotopic (exact) mass is 794 g/mol. The Balaban J connectivity index is 1.04. The second-order valence-corrected chi connectivity index (χ2v) is 15.3. The van der Waals surface area contributed by atoms with Crippen molar-refractivity contribution in [2.24, 2.45) is 0 Å². The Kier molecular flexibility index (Phi) is 9.56. The standard InChI is InChI=1S/C56H38N6/c1-5-17-39(18-6-1)51-57-52(40-19-7-2-8-20-40)60-55(59-51)43-33-29-37(30-34-43)49-47-27-15-13-25-45(47)46-26-14-16-28-48(46)50(49)38-31-35-44(36-32-38)56-61-53(41-21-9-3-10-22-41)58-54(62-56)42-23-11-4-12-24-42/h1-3,5-11,13-36H,4,12H2. The van der Waals surface area contributed by atoms with Crippen LogP contribution in [0.1, 0.15) is 18.7 Å². The molecule has 0 bridgehead atoms. The van der Waals surface area contributed by atoms with Crippen molar-refractivity contribution in [1.82, 2.24) is 29.9 Å². The Morgan fingerprint density at radius 1 is 0.258 bits per heavy atom. The van der Waals surface area contributed by atoms with Crippen LogP contribution >= 0.6 is 0 Å². The third-order valence-electron chi connectivity index (χ3n) is 11.4. The van der Waals surface area contributed by atoms with Crippen LogP contribution in [-0.2, 0) is 0 Å². The van der Waals surface area contributed by atoms with E-state index >= 15 is 0 Å². The zero-order valence-corrected chi connectivity index (χ0v) is 33.7. The predicted molar refractivity (Wildman–Crippen MR) is 253 cm³/mol. The molecule has 0 unspecified atom stereocenters. The van der Waals surface area contributed by atoms with Gasteiger partial charge >= 0.3 is 0 Å². The Bertz CT molecular complexity index is 3250. The van der Waals surface area contributed by atoms with Crippen LogP contribution in [0, 0.1) is 0 Å². The van der Waals surface area contributed by atoms with Crippen LogP contribution in [0.25, 0.3) is 106 Å². The first-order valence-corrected chi connectivity index (χ1v) is 20.9. The second kappa shape index (κ2) is 16.1. The first-order valence-electron chi connectivity index (χ1n) is 20.9. The Morgan fingerprint density at radius 3 is 0.919 bits per heavy atom. The number of allylic oxidation sites excluding steroid dienone is 4. The molecule has 0 amide bonds. The number of benzene rings is 8. The topological polar surface area (TPSA) is 77.3 Å². The van der Waals surface area contributed by atoms with Crippen LogP contribution in [0.5, 0.6) is 0 Å². The van der Waals surface area contributed by atoms with E-state index in [1.54, 1.807) is 0 Å². The number of aromatic nitrogens is 6. The summed E-state index contributed by atoms with van der Waals surface area (Å²) in [5.74, 6) is 3.88. The highest BCUT2D eigenvalue weighted by molar-refractivity contribution is 6.21. The smallest absolute Gasteiger partial charge is 0.164 e. The van der Waals surface area contributed by atoms with Gasteiger partial charge in [-0.2, -0.15) is 0 Å². The van der Waals surface area contributed by atoms with E-state index < -0.39 is 0 Å².